The minimum atomic E-state index is -0.298. The number of rotatable bonds is 2. The first-order valence-electron chi connectivity index (χ1n) is 6.54. The van der Waals surface area contributed by atoms with Gasteiger partial charge < -0.3 is 0 Å². The monoisotopic (exact) mass is 378 g/mol. The fraction of sp³-hybridized carbons (Fsp3) is 0.133. The highest BCUT2D eigenvalue weighted by Gasteiger charge is 2.09. The Labute approximate surface area is 139 Å². The standard InChI is InChI=1S/C15H12BrClN4O/c1-8-11(9(2)20-19-8)4-5-12-14(17)15(22)21-7-10(16)3-6-13(21)18-12/h3-7H,1-2H3,(H,19,20)/b5-4+. The van der Waals surface area contributed by atoms with Gasteiger partial charge in [0.2, 0.25) is 0 Å². The van der Waals surface area contributed by atoms with Crippen LogP contribution in [0.15, 0.2) is 27.6 Å². The van der Waals surface area contributed by atoms with Crippen LogP contribution in [0.5, 0.6) is 0 Å². The van der Waals surface area contributed by atoms with Crippen LogP contribution in [0.3, 0.4) is 0 Å². The van der Waals surface area contributed by atoms with E-state index in [1.807, 2.05) is 26.0 Å². The first kappa shape index (κ1) is 15.0. The number of hydrogen-bond acceptors (Lipinski definition) is 3. The second-order valence-corrected chi connectivity index (χ2v) is 6.17. The molecule has 0 saturated heterocycles. The summed E-state index contributed by atoms with van der Waals surface area (Å²) in [6.45, 7) is 3.84. The number of H-pyrrole nitrogens is 1. The number of aromatic nitrogens is 4. The normalized spacial score (nSPS) is 11.6. The van der Waals surface area contributed by atoms with E-state index in [0.29, 0.717) is 11.3 Å². The lowest BCUT2D eigenvalue weighted by Gasteiger charge is -2.04. The lowest BCUT2D eigenvalue weighted by Crippen LogP contribution is -2.16. The quantitative estimate of drug-likeness (QED) is 0.739. The van der Waals surface area contributed by atoms with Crippen LogP contribution in [0.2, 0.25) is 5.02 Å². The van der Waals surface area contributed by atoms with Crippen LogP contribution in [0.4, 0.5) is 0 Å². The van der Waals surface area contributed by atoms with Crippen molar-refractivity contribution < 1.29 is 0 Å². The average Bonchev–Trinajstić information content (AvgIpc) is 2.81. The molecular formula is C15H12BrClN4O. The van der Waals surface area contributed by atoms with E-state index in [9.17, 15) is 4.79 Å². The molecule has 0 bridgehead atoms. The summed E-state index contributed by atoms with van der Waals surface area (Å²) in [6.07, 6.45) is 5.24. The predicted octanol–water partition coefficient (Wildman–Crippen LogP) is 3.62. The highest BCUT2D eigenvalue weighted by molar-refractivity contribution is 9.10. The van der Waals surface area contributed by atoms with Gasteiger partial charge in [-0.05, 0) is 54.1 Å². The van der Waals surface area contributed by atoms with Crippen molar-refractivity contribution in [3.8, 4) is 0 Å². The number of nitrogens with zero attached hydrogens (tertiary/aromatic N) is 3. The zero-order valence-electron chi connectivity index (χ0n) is 11.9. The first-order chi connectivity index (χ1) is 10.5. The summed E-state index contributed by atoms with van der Waals surface area (Å²) in [5.41, 5.74) is 3.48. The maximum atomic E-state index is 12.3. The maximum Gasteiger partial charge on any atom is 0.277 e. The molecule has 0 aliphatic rings. The van der Waals surface area contributed by atoms with Gasteiger partial charge in [-0.1, -0.05) is 11.6 Å². The molecule has 0 aliphatic heterocycles. The van der Waals surface area contributed by atoms with Gasteiger partial charge in [0, 0.05) is 21.9 Å². The zero-order valence-corrected chi connectivity index (χ0v) is 14.2. The highest BCUT2D eigenvalue weighted by Crippen LogP contribution is 2.18. The number of aromatic amines is 1. The summed E-state index contributed by atoms with van der Waals surface area (Å²) in [7, 11) is 0. The van der Waals surface area contributed by atoms with Crippen LogP contribution in [-0.2, 0) is 0 Å². The number of fused-ring (bicyclic) bond motifs is 1. The van der Waals surface area contributed by atoms with Gasteiger partial charge in [0.25, 0.3) is 5.56 Å². The lowest BCUT2D eigenvalue weighted by atomic mass is 10.1. The van der Waals surface area contributed by atoms with Crippen molar-refractivity contribution in [2.45, 2.75) is 13.8 Å². The molecular weight excluding hydrogens is 368 g/mol. The molecule has 7 heteroatoms. The van der Waals surface area contributed by atoms with Crippen molar-refractivity contribution in [3.05, 3.63) is 60.8 Å². The van der Waals surface area contributed by atoms with Crippen LogP contribution in [0.25, 0.3) is 17.8 Å². The van der Waals surface area contributed by atoms with Gasteiger partial charge in [0.15, 0.2) is 0 Å². The van der Waals surface area contributed by atoms with Crippen molar-refractivity contribution >= 4 is 45.3 Å². The third-order valence-corrected chi connectivity index (χ3v) is 4.17. The van der Waals surface area contributed by atoms with Gasteiger partial charge >= 0.3 is 0 Å². The van der Waals surface area contributed by atoms with E-state index in [0.717, 1.165) is 21.4 Å². The zero-order chi connectivity index (χ0) is 15.9. The van der Waals surface area contributed by atoms with Crippen molar-refractivity contribution in [3.63, 3.8) is 0 Å². The SMILES string of the molecule is Cc1n[nH]c(C)c1/C=C/c1nc2ccc(Br)cn2c(=O)c1Cl. The van der Waals surface area contributed by atoms with E-state index in [2.05, 4.69) is 31.1 Å². The molecule has 0 amide bonds. The van der Waals surface area contributed by atoms with Crippen LogP contribution >= 0.6 is 27.5 Å². The summed E-state index contributed by atoms with van der Waals surface area (Å²) < 4.78 is 2.20. The Morgan fingerprint density at radius 2 is 2.09 bits per heavy atom. The van der Waals surface area contributed by atoms with Crippen molar-refractivity contribution in [1.82, 2.24) is 19.6 Å². The topological polar surface area (TPSA) is 63.1 Å². The molecule has 1 N–H and O–H groups in total. The minimum Gasteiger partial charge on any atom is -0.282 e. The maximum absolute atomic E-state index is 12.3. The summed E-state index contributed by atoms with van der Waals surface area (Å²) in [4.78, 5) is 16.7. The third kappa shape index (κ3) is 2.60. The second-order valence-electron chi connectivity index (χ2n) is 4.87. The summed E-state index contributed by atoms with van der Waals surface area (Å²) in [5.74, 6) is 0. The van der Waals surface area contributed by atoms with Crippen LogP contribution in [0.1, 0.15) is 22.6 Å². The molecule has 112 valence electrons. The Bertz CT molecular complexity index is 939. The van der Waals surface area contributed by atoms with Crippen molar-refractivity contribution in [2.24, 2.45) is 0 Å². The second kappa shape index (κ2) is 5.70. The van der Waals surface area contributed by atoms with Crippen LogP contribution in [-0.4, -0.2) is 19.6 Å². The van der Waals surface area contributed by atoms with Gasteiger partial charge in [0.1, 0.15) is 10.7 Å². The molecule has 3 aromatic rings. The largest absolute Gasteiger partial charge is 0.282 e. The van der Waals surface area contributed by atoms with Gasteiger partial charge in [-0.3, -0.25) is 14.3 Å². The molecule has 3 rings (SSSR count). The fourth-order valence-electron chi connectivity index (χ4n) is 2.19. The van der Waals surface area contributed by atoms with Gasteiger partial charge in [-0.2, -0.15) is 5.10 Å². The summed E-state index contributed by atoms with van der Waals surface area (Å²) >= 11 is 9.49. The number of nitrogens with one attached hydrogen (secondary N) is 1. The molecule has 3 aromatic heterocycles. The molecule has 3 heterocycles. The van der Waals surface area contributed by atoms with Crippen molar-refractivity contribution in [2.75, 3.05) is 0 Å². The molecule has 0 unspecified atom stereocenters. The molecule has 0 aliphatic carbocycles. The predicted molar refractivity (Wildman–Crippen MR) is 91.2 cm³/mol. The van der Waals surface area contributed by atoms with Gasteiger partial charge in [-0.25, -0.2) is 4.98 Å². The molecule has 22 heavy (non-hydrogen) atoms. The molecule has 5 nitrogen and oxygen atoms in total. The Hall–Kier alpha value is -1.92. The number of halogens is 2. The van der Waals surface area contributed by atoms with Crippen molar-refractivity contribution in [1.29, 1.82) is 0 Å². The molecule has 0 radical (unpaired) electrons. The Morgan fingerprint density at radius 3 is 2.77 bits per heavy atom. The Balaban J connectivity index is 2.14. The van der Waals surface area contributed by atoms with E-state index in [1.54, 1.807) is 18.3 Å². The van der Waals surface area contributed by atoms with E-state index in [1.165, 1.54) is 4.40 Å². The Morgan fingerprint density at radius 1 is 1.32 bits per heavy atom. The van der Waals surface area contributed by atoms with Crippen LogP contribution < -0.4 is 5.56 Å². The average molecular weight is 380 g/mol. The smallest absolute Gasteiger partial charge is 0.277 e. The number of hydrogen-bond donors (Lipinski definition) is 1. The van der Waals surface area contributed by atoms with Gasteiger partial charge in [-0.15, -0.1) is 0 Å². The highest BCUT2D eigenvalue weighted by atomic mass is 79.9. The van der Waals surface area contributed by atoms with E-state index >= 15 is 0 Å². The van der Waals surface area contributed by atoms with E-state index in [-0.39, 0.29) is 10.6 Å². The molecule has 0 spiro atoms. The minimum absolute atomic E-state index is 0.0886. The molecule has 0 saturated carbocycles. The fourth-order valence-corrected chi connectivity index (χ4v) is 2.72. The molecule has 0 aromatic carbocycles. The van der Waals surface area contributed by atoms with E-state index in [4.69, 9.17) is 11.6 Å². The number of aryl methyl sites for hydroxylation is 2. The molecule has 0 fully saturated rings. The summed E-state index contributed by atoms with van der Waals surface area (Å²) in [5, 5.41) is 7.13. The van der Waals surface area contributed by atoms with E-state index < -0.39 is 0 Å². The number of pyridine rings is 1. The van der Waals surface area contributed by atoms with Crippen LogP contribution in [0, 0.1) is 13.8 Å². The molecule has 0 atom stereocenters. The lowest BCUT2D eigenvalue weighted by molar-refractivity contribution is 1.02. The third-order valence-electron chi connectivity index (χ3n) is 3.35. The Kier molecular flexibility index (Phi) is 3.88. The summed E-state index contributed by atoms with van der Waals surface area (Å²) in [6, 6.07) is 3.58. The van der Waals surface area contributed by atoms with Gasteiger partial charge in [0.05, 0.1) is 11.4 Å². The first-order valence-corrected chi connectivity index (χ1v) is 7.71.